The van der Waals surface area contributed by atoms with Crippen LogP contribution in [0.5, 0.6) is 0 Å². The summed E-state index contributed by atoms with van der Waals surface area (Å²) in [5.74, 6) is 7.22. The number of nitrogens with one attached hydrogen (secondary N) is 2. The highest BCUT2D eigenvalue weighted by molar-refractivity contribution is 5.38. The van der Waals surface area contributed by atoms with Crippen LogP contribution in [0.25, 0.3) is 0 Å². The third kappa shape index (κ3) is 3.54. The van der Waals surface area contributed by atoms with Gasteiger partial charge in [-0.25, -0.2) is 10.8 Å². The van der Waals surface area contributed by atoms with Crippen LogP contribution in [0.3, 0.4) is 0 Å². The molecule has 1 aliphatic heterocycles. The first-order valence-corrected chi connectivity index (χ1v) is 6.00. The Morgan fingerprint density at radius 2 is 2.47 bits per heavy atom. The zero-order chi connectivity index (χ0) is 12.1. The number of aromatic nitrogens is 2. The van der Waals surface area contributed by atoms with Crippen LogP contribution in [0.15, 0.2) is 12.3 Å². The van der Waals surface area contributed by atoms with Gasteiger partial charge in [0, 0.05) is 19.3 Å². The van der Waals surface area contributed by atoms with Gasteiger partial charge >= 0.3 is 0 Å². The predicted octanol–water partition coefficient (Wildman–Crippen LogP) is 0.516. The topological polar surface area (TPSA) is 79.1 Å². The highest BCUT2D eigenvalue weighted by atomic mass is 15.3. The quantitative estimate of drug-likeness (QED) is 0.522. The lowest BCUT2D eigenvalue weighted by atomic mass is 9.98. The van der Waals surface area contributed by atoms with Crippen molar-refractivity contribution in [3.8, 4) is 0 Å². The molecule has 2 rings (SSSR count). The zero-order valence-electron chi connectivity index (χ0n) is 10.2. The lowest BCUT2D eigenvalue weighted by Crippen LogP contribution is -2.35. The summed E-state index contributed by atoms with van der Waals surface area (Å²) in [4.78, 5) is 10.6. The Morgan fingerprint density at radius 1 is 1.59 bits per heavy atom. The van der Waals surface area contributed by atoms with Crippen molar-refractivity contribution >= 4 is 11.8 Å². The number of nitrogen functional groups attached to an aromatic ring is 1. The maximum atomic E-state index is 5.27. The molecule has 2 heterocycles. The Morgan fingerprint density at radius 3 is 3.24 bits per heavy atom. The summed E-state index contributed by atoms with van der Waals surface area (Å²) in [5.41, 5.74) is 2.44. The molecule has 1 aromatic rings. The third-order valence-electron chi connectivity index (χ3n) is 3.08. The first-order valence-electron chi connectivity index (χ1n) is 6.00. The summed E-state index contributed by atoms with van der Waals surface area (Å²) in [7, 11) is 2.17. The fraction of sp³-hybridized carbons (Fsp3) is 0.636. The molecule has 0 aromatic carbocycles. The van der Waals surface area contributed by atoms with E-state index in [0.29, 0.717) is 11.9 Å². The molecule has 0 bridgehead atoms. The second-order valence-corrected chi connectivity index (χ2v) is 4.56. The van der Waals surface area contributed by atoms with Crippen molar-refractivity contribution in [1.82, 2.24) is 14.9 Å². The van der Waals surface area contributed by atoms with Gasteiger partial charge in [-0.15, -0.1) is 0 Å². The minimum atomic E-state index is 0.441. The smallest absolute Gasteiger partial charge is 0.239 e. The minimum Gasteiger partial charge on any atom is -0.370 e. The molecule has 1 saturated heterocycles. The molecule has 4 N–H and O–H groups in total. The molecule has 0 amide bonds. The van der Waals surface area contributed by atoms with Gasteiger partial charge in [-0.3, -0.25) is 5.43 Å². The Kier molecular flexibility index (Phi) is 4.11. The van der Waals surface area contributed by atoms with Crippen LogP contribution in [-0.4, -0.2) is 41.5 Å². The van der Waals surface area contributed by atoms with Crippen molar-refractivity contribution in [3.63, 3.8) is 0 Å². The average molecular weight is 236 g/mol. The molecule has 0 spiro atoms. The van der Waals surface area contributed by atoms with Crippen LogP contribution in [-0.2, 0) is 0 Å². The summed E-state index contributed by atoms with van der Waals surface area (Å²) in [6, 6.07) is 1.85. The van der Waals surface area contributed by atoms with Crippen LogP contribution in [0.1, 0.15) is 12.8 Å². The van der Waals surface area contributed by atoms with E-state index in [4.69, 9.17) is 5.84 Å². The van der Waals surface area contributed by atoms with Crippen molar-refractivity contribution in [1.29, 1.82) is 0 Å². The number of nitrogens with two attached hydrogens (primary N) is 1. The summed E-state index contributed by atoms with van der Waals surface area (Å²) < 4.78 is 0. The van der Waals surface area contributed by atoms with E-state index >= 15 is 0 Å². The number of rotatable bonds is 4. The Hall–Kier alpha value is -1.40. The molecule has 6 nitrogen and oxygen atoms in total. The molecule has 0 radical (unpaired) electrons. The SMILES string of the molecule is CN1CCCC(CNc2ccnc(NN)n2)C1. The average Bonchev–Trinajstić information content (AvgIpc) is 2.37. The Bertz CT molecular complexity index is 356. The lowest BCUT2D eigenvalue weighted by molar-refractivity contribution is 0.217. The van der Waals surface area contributed by atoms with Crippen LogP contribution in [0.4, 0.5) is 11.8 Å². The van der Waals surface area contributed by atoms with Crippen LogP contribution in [0.2, 0.25) is 0 Å². The number of anilines is 2. The van der Waals surface area contributed by atoms with Gasteiger partial charge in [0.15, 0.2) is 0 Å². The molecular formula is C11H20N6. The molecule has 6 heteroatoms. The standard InChI is InChI=1S/C11H20N6/c1-17-6-2-3-9(8-17)7-14-10-4-5-13-11(15-10)16-12/h4-5,9H,2-3,6-8,12H2,1H3,(H2,13,14,15,16). The highest BCUT2D eigenvalue weighted by Gasteiger charge is 2.16. The van der Waals surface area contributed by atoms with Gasteiger partial charge in [0.25, 0.3) is 0 Å². The van der Waals surface area contributed by atoms with Crippen molar-refractivity contribution in [2.75, 3.05) is 37.4 Å². The second kappa shape index (κ2) is 5.79. The van der Waals surface area contributed by atoms with E-state index in [0.717, 1.165) is 18.9 Å². The van der Waals surface area contributed by atoms with Crippen LogP contribution < -0.4 is 16.6 Å². The van der Waals surface area contributed by atoms with Crippen molar-refractivity contribution in [2.24, 2.45) is 11.8 Å². The van der Waals surface area contributed by atoms with E-state index < -0.39 is 0 Å². The van der Waals surface area contributed by atoms with Crippen LogP contribution in [0, 0.1) is 5.92 Å². The van der Waals surface area contributed by atoms with E-state index in [1.54, 1.807) is 6.20 Å². The largest absolute Gasteiger partial charge is 0.370 e. The molecule has 94 valence electrons. The zero-order valence-corrected chi connectivity index (χ0v) is 10.2. The Balaban J connectivity index is 1.84. The molecule has 1 aromatic heterocycles. The number of hydrogen-bond donors (Lipinski definition) is 3. The maximum Gasteiger partial charge on any atom is 0.239 e. The number of piperidine rings is 1. The highest BCUT2D eigenvalue weighted by Crippen LogP contribution is 2.15. The number of hydrogen-bond acceptors (Lipinski definition) is 6. The molecule has 0 saturated carbocycles. The Labute approximate surface area is 102 Å². The fourth-order valence-corrected chi connectivity index (χ4v) is 2.22. The first kappa shape index (κ1) is 12.1. The summed E-state index contributed by atoms with van der Waals surface area (Å²) in [6.45, 7) is 3.32. The summed E-state index contributed by atoms with van der Waals surface area (Å²) in [6.07, 6.45) is 4.25. The van der Waals surface area contributed by atoms with Crippen molar-refractivity contribution < 1.29 is 0 Å². The number of nitrogens with zero attached hydrogens (tertiary/aromatic N) is 3. The van der Waals surface area contributed by atoms with E-state index in [1.807, 2.05) is 6.07 Å². The molecule has 1 unspecified atom stereocenters. The van der Waals surface area contributed by atoms with Gasteiger partial charge in [0.05, 0.1) is 0 Å². The van der Waals surface area contributed by atoms with E-state index in [2.05, 4.69) is 32.7 Å². The molecule has 1 atom stereocenters. The van der Waals surface area contributed by atoms with E-state index in [1.165, 1.54) is 19.4 Å². The molecule has 1 fully saturated rings. The summed E-state index contributed by atoms with van der Waals surface area (Å²) >= 11 is 0. The fourth-order valence-electron chi connectivity index (χ4n) is 2.22. The molecule has 17 heavy (non-hydrogen) atoms. The van der Waals surface area contributed by atoms with Gasteiger partial charge in [0.2, 0.25) is 5.95 Å². The van der Waals surface area contributed by atoms with Gasteiger partial charge in [-0.1, -0.05) is 0 Å². The van der Waals surface area contributed by atoms with Crippen LogP contribution >= 0.6 is 0 Å². The van der Waals surface area contributed by atoms with Gasteiger partial charge in [-0.2, -0.15) is 4.98 Å². The van der Waals surface area contributed by atoms with Gasteiger partial charge in [0.1, 0.15) is 5.82 Å². The second-order valence-electron chi connectivity index (χ2n) is 4.56. The van der Waals surface area contributed by atoms with E-state index in [-0.39, 0.29) is 0 Å². The van der Waals surface area contributed by atoms with Gasteiger partial charge in [-0.05, 0) is 38.4 Å². The lowest BCUT2D eigenvalue weighted by Gasteiger charge is -2.29. The molecule has 1 aliphatic rings. The van der Waals surface area contributed by atoms with Crippen molar-refractivity contribution in [2.45, 2.75) is 12.8 Å². The molecular weight excluding hydrogens is 216 g/mol. The maximum absolute atomic E-state index is 5.27. The first-order chi connectivity index (χ1) is 8.28. The molecule has 0 aliphatic carbocycles. The minimum absolute atomic E-state index is 0.441. The third-order valence-corrected chi connectivity index (χ3v) is 3.08. The number of likely N-dealkylation sites (tertiary alicyclic amines) is 1. The van der Waals surface area contributed by atoms with Crippen molar-refractivity contribution in [3.05, 3.63) is 12.3 Å². The normalized spacial score (nSPS) is 21.2. The van der Waals surface area contributed by atoms with Gasteiger partial charge < -0.3 is 10.2 Å². The predicted molar refractivity (Wildman–Crippen MR) is 68.6 cm³/mol. The van der Waals surface area contributed by atoms with E-state index in [9.17, 15) is 0 Å². The number of hydrazine groups is 1. The monoisotopic (exact) mass is 236 g/mol. The summed E-state index contributed by atoms with van der Waals surface area (Å²) in [5, 5.41) is 3.34.